The number of nitrogens with zero attached hydrogens (tertiary/aromatic N) is 1. The molecule has 0 spiro atoms. The first-order valence-electron chi connectivity index (χ1n) is 8.64. The molecule has 1 heterocycles. The first-order chi connectivity index (χ1) is 13.9. The van der Waals surface area contributed by atoms with E-state index in [1.54, 1.807) is 42.6 Å². The summed E-state index contributed by atoms with van der Waals surface area (Å²) in [4.78, 5) is 17.7. The lowest BCUT2D eigenvalue weighted by molar-refractivity contribution is -0.890. The molecule has 3 aromatic rings. The number of ether oxygens (including phenoxy) is 1. The monoisotopic (exact) mass is 403 g/mol. The van der Waals surface area contributed by atoms with Crippen LogP contribution in [0.15, 0.2) is 72.9 Å². The molecule has 150 valence electrons. The van der Waals surface area contributed by atoms with Crippen LogP contribution in [0.2, 0.25) is 0 Å². The van der Waals surface area contributed by atoms with Crippen molar-refractivity contribution < 1.29 is 32.3 Å². The zero-order valence-corrected chi connectivity index (χ0v) is 15.4. The Balaban J connectivity index is 1.75. The Hall–Kier alpha value is -3.55. The Morgan fingerprint density at radius 2 is 1.72 bits per heavy atom. The summed E-state index contributed by atoms with van der Waals surface area (Å²) < 4.78 is 42.8. The van der Waals surface area contributed by atoms with E-state index in [-0.39, 0.29) is 18.2 Å². The van der Waals surface area contributed by atoms with E-state index in [0.29, 0.717) is 16.7 Å². The maximum atomic E-state index is 12.5. The van der Waals surface area contributed by atoms with Crippen LogP contribution in [0.3, 0.4) is 0 Å². The van der Waals surface area contributed by atoms with Crippen LogP contribution >= 0.6 is 0 Å². The predicted octanol–water partition coefficient (Wildman–Crippen LogP) is 3.53. The first-order valence-corrected chi connectivity index (χ1v) is 8.64. The Bertz CT molecular complexity index is 1010. The van der Waals surface area contributed by atoms with Crippen molar-refractivity contribution >= 4 is 5.91 Å². The Kier molecular flexibility index (Phi) is 6.01. The molecule has 1 aromatic heterocycles. The number of amides is 1. The molecule has 0 unspecified atom stereocenters. The number of benzene rings is 2. The number of halogens is 3. The van der Waals surface area contributed by atoms with Crippen molar-refractivity contribution in [2.75, 3.05) is 7.11 Å². The Labute approximate surface area is 165 Å². The van der Waals surface area contributed by atoms with Crippen LogP contribution in [0.1, 0.15) is 16.1 Å². The van der Waals surface area contributed by atoms with E-state index >= 15 is 0 Å². The predicted molar refractivity (Wildman–Crippen MR) is 98.9 cm³/mol. The zero-order valence-electron chi connectivity index (χ0n) is 15.4. The van der Waals surface area contributed by atoms with Gasteiger partial charge in [-0.05, 0) is 41.5 Å². The molecule has 5 nitrogen and oxygen atoms in total. The lowest BCUT2D eigenvalue weighted by Gasteiger charge is -2.11. The van der Waals surface area contributed by atoms with Crippen LogP contribution in [0.5, 0.6) is 5.75 Å². The van der Waals surface area contributed by atoms with Crippen LogP contribution in [0, 0.1) is 0 Å². The minimum atomic E-state index is -4.77. The van der Waals surface area contributed by atoms with Crippen molar-refractivity contribution in [3.05, 3.63) is 84.2 Å². The molecule has 1 amide bonds. The molecule has 0 aliphatic carbocycles. The van der Waals surface area contributed by atoms with E-state index < -0.39 is 6.36 Å². The number of aromatic nitrogens is 1. The standard InChI is InChI=1S/C21H17F3N2O3/c1-28-26-11-3-2-9-18(26)14-25-20(27)17-8-4-6-15(12-17)16-7-5-10-19(13-16)29-21(22,23)24/h2-13H,14H2,1H3/p+1. The highest BCUT2D eigenvalue weighted by atomic mass is 19.4. The summed E-state index contributed by atoms with van der Waals surface area (Å²) in [7, 11) is 1.52. The van der Waals surface area contributed by atoms with Crippen molar-refractivity contribution in [1.82, 2.24) is 5.32 Å². The molecular formula is C21H18F3N2O3+. The van der Waals surface area contributed by atoms with Crippen molar-refractivity contribution in [2.45, 2.75) is 12.9 Å². The van der Waals surface area contributed by atoms with E-state index in [1.165, 1.54) is 30.0 Å². The summed E-state index contributed by atoms with van der Waals surface area (Å²) in [5, 5.41) is 2.80. The van der Waals surface area contributed by atoms with Crippen LogP contribution in [-0.4, -0.2) is 19.4 Å². The fraction of sp³-hybridized carbons (Fsp3) is 0.143. The average molecular weight is 403 g/mol. The molecule has 0 radical (unpaired) electrons. The second kappa shape index (κ2) is 8.64. The van der Waals surface area contributed by atoms with Gasteiger partial charge in [0.15, 0.2) is 0 Å². The van der Waals surface area contributed by atoms with Gasteiger partial charge in [0.25, 0.3) is 11.6 Å². The van der Waals surface area contributed by atoms with Gasteiger partial charge in [0.2, 0.25) is 6.20 Å². The smallest absolute Gasteiger partial charge is 0.406 e. The highest BCUT2D eigenvalue weighted by Crippen LogP contribution is 2.28. The first kappa shape index (κ1) is 20.2. The second-order valence-electron chi connectivity index (χ2n) is 6.04. The molecule has 0 fully saturated rings. The highest BCUT2D eigenvalue weighted by Gasteiger charge is 2.31. The minimum absolute atomic E-state index is 0.243. The number of rotatable bonds is 6. The van der Waals surface area contributed by atoms with Crippen LogP contribution in [-0.2, 0) is 6.54 Å². The fourth-order valence-corrected chi connectivity index (χ4v) is 2.76. The third-order valence-corrected chi connectivity index (χ3v) is 4.06. The van der Waals surface area contributed by atoms with Crippen molar-refractivity contribution in [1.29, 1.82) is 0 Å². The molecule has 0 atom stereocenters. The third-order valence-electron chi connectivity index (χ3n) is 4.06. The Morgan fingerprint density at radius 3 is 2.45 bits per heavy atom. The van der Waals surface area contributed by atoms with E-state index in [1.807, 2.05) is 12.1 Å². The molecule has 29 heavy (non-hydrogen) atoms. The molecule has 2 aromatic carbocycles. The number of hydrogen-bond donors (Lipinski definition) is 1. The molecule has 0 saturated heterocycles. The molecule has 0 bridgehead atoms. The zero-order chi connectivity index (χ0) is 20.9. The number of alkyl halides is 3. The van der Waals surface area contributed by atoms with Gasteiger partial charge in [-0.1, -0.05) is 24.3 Å². The number of nitrogens with one attached hydrogen (secondary N) is 1. The third kappa shape index (κ3) is 5.47. The average Bonchev–Trinajstić information content (AvgIpc) is 2.71. The van der Waals surface area contributed by atoms with Gasteiger partial charge in [0, 0.05) is 22.4 Å². The largest absolute Gasteiger partial charge is 0.573 e. The minimum Gasteiger partial charge on any atom is -0.406 e. The number of pyridine rings is 1. The van der Waals surface area contributed by atoms with Crippen molar-refractivity contribution in [2.24, 2.45) is 0 Å². The summed E-state index contributed by atoms with van der Waals surface area (Å²) in [5.41, 5.74) is 2.22. The maximum Gasteiger partial charge on any atom is 0.573 e. The fourth-order valence-electron chi connectivity index (χ4n) is 2.76. The van der Waals surface area contributed by atoms with Crippen LogP contribution in [0.25, 0.3) is 11.1 Å². The van der Waals surface area contributed by atoms with Gasteiger partial charge in [-0.2, -0.15) is 0 Å². The summed E-state index contributed by atoms with van der Waals surface area (Å²) >= 11 is 0. The number of carbonyl (C=O) groups excluding carboxylic acids is 1. The quantitative estimate of drug-likeness (QED) is 0.641. The second-order valence-corrected chi connectivity index (χ2v) is 6.04. The van der Waals surface area contributed by atoms with E-state index in [2.05, 4.69) is 10.1 Å². The summed E-state index contributed by atoms with van der Waals surface area (Å²) in [5.74, 6) is -0.640. The highest BCUT2D eigenvalue weighted by molar-refractivity contribution is 5.95. The van der Waals surface area contributed by atoms with Gasteiger partial charge in [0.1, 0.15) is 19.4 Å². The van der Waals surface area contributed by atoms with Gasteiger partial charge < -0.3 is 10.1 Å². The van der Waals surface area contributed by atoms with E-state index in [4.69, 9.17) is 4.84 Å². The van der Waals surface area contributed by atoms with Gasteiger partial charge in [0.05, 0.1) is 0 Å². The van der Waals surface area contributed by atoms with Gasteiger partial charge in [-0.3, -0.25) is 9.63 Å². The normalized spacial score (nSPS) is 11.0. The Morgan fingerprint density at radius 1 is 1.00 bits per heavy atom. The number of carbonyl (C=O) groups is 1. The lowest BCUT2D eigenvalue weighted by Crippen LogP contribution is -2.45. The number of hydrogen-bond acceptors (Lipinski definition) is 3. The maximum absolute atomic E-state index is 12.5. The van der Waals surface area contributed by atoms with E-state index in [9.17, 15) is 18.0 Å². The van der Waals surface area contributed by atoms with Crippen LogP contribution in [0.4, 0.5) is 13.2 Å². The van der Waals surface area contributed by atoms with Gasteiger partial charge >= 0.3 is 6.36 Å². The molecular weight excluding hydrogens is 385 g/mol. The molecule has 8 heteroatoms. The summed E-state index contributed by atoms with van der Waals surface area (Å²) in [6, 6.07) is 17.7. The molecule has 0 aliphatic rings. The van der Waals surface area contributed by atoms with Crippen molar-refractivity contribution in [3.63, 3.8) is 0 Å². The van der Waals surface area contributed by atoms with Gasteiger partial charge in [-0.15, -0.1) is 13.2 Å². The molecule has 0 saturated carbocycles. The summed E-state index contributed by atoms with van der Waals surface area (Å²) in [6.45, 7) is 0.243. The molecule has 1 N–H and O–H groups in total. The SMILES string of the molecule is CO[n+]1ccccc1CNC(=O)c1cccc(-c2cccc(OC(F)(F)F)c2)c1. The molecule has 0 aliphatic heterocycles. The van der Waals surface area contributed by atoms with E-state index in [0.717, 1.165) is 5.69 Å². The van der Waals surface area contributed by atoms with Crippen LogP contribution < -0.4 is 19.6 Å². The van der Waals surface area contributed by atoms with Crippen molar-refractivity contribution in [3.8, 4) is 16.9 Å². The topological polar surface area (TPSA) is 51.4 Å². The van der Waals surface area contributed by atoms with Gasteiger partial charge in [-0.25, -0.2) is 0 Å². The molecule has 3 rings (SSSR count). The lowest BCUT2D eigenvalue weighted by atomic mass is 10.0. The summed E-state index contributed by atoms with van der Waals surface area (Å²) in [6.07, 6.45) is -3.05.